The predicted molar refractivity (Wildman–Crippen MR) is 146 cm³/mol. The van der Waals surface area contributed by atoms with Gasteiger partial charge in [-0.05, 0) is 74.9 Å². The highest BCUT2D eigenvalue weighted by atomic mass is 15.1. The predicted octanol–water partition coefficient (Wildman–Crippen LogP) is 9.42. The van der Waals surface area contributed by atoms with Crippen molar-refractivity contribution in [2.24, 2.45) is 5.41 Å². The quantitative estimate of drug-likeness (QED) is 0.302. The van der Waals surface area contributed by atoms with Crippen LogP contribution in [-0.4, -0.2) is 0 Å². The lowest BCUT2D eigenvalue weighted by atomic mass is 9.59. The number of rotatable bonds is 4. The molecule has 0 saturated heterocycles. The second-order valence-electron chi connectivity index (χ2n) is 11.2. The lowest BCUT2D eigenvalue weighted by molar-refractivity contribution is 0.125. The van der Waals surface area contributed by atoms with Crippen LogP contribution >= 0.6 is 0 Å². The van der Waals surface area contributed by atoms with E-state index in [0.717, 1.165) is 17.1 Å². The fourth-order valence-electron chi connectivity index (χ4n) is 5.64. The van der Waals surface area contributed by atoms with Crippen LogP contribution in [0.4, 0.5) is 17.1 Å². The third-order valence-electron chi connectivity index (χ3n) is 8.98. The molecule has 0 amide bonds. The van der Waals surface area contributed by atoms with E-state index in [1.165, 1.54) is 22.3 Å². The molecule has 1 heteroatoms. The monoisotopic (exact) mass is 445 g/mol. The van der Waals surface area contributed by atoms with Gasteiger partial charge in [-0.3, -0.25) is 0 Å². The summed E-state index contributed by atoms with van der Waals surface area (Å²) in [5.41, 5.74) is 9.42. The summed E-state index contributed by atoms with van der Waals surface area (Å²) in [6.07, 6.45) is 0. The van der Waals surface area contributed by atoms with Crippen molar-refractivity contribution in [3.63, 3.8) is 0 Å². The van der Waals surface area contributed by atoms with Crippen LogP contribution in [0.5, 0.6) is 0 Å². The highest BCUT2D eigenvalue weighted by Crippen LogP contribution is 2.61. The summed E-state index contributed by atoms with van der Waals surface area (Å²) in [5, 5.41) is 0. The molecule has 0 N–H and O–H groups in total. The fourth-order valence-corrected chi connectivity index (χ4v) is 5.64. The summed E-state index contributed by atoms with van der Waals surface area (Å²) < 4.78 is 0. The number of benzene rings is 4. The van der Waals surface area contributed by atoms with Crippen LogP contribution < -0.4 is 4.90 Å². The van der Waals surface area contributed by atoms with Crippen molar-refractivity contribution in [2.75, 3.05) is 4.90 Å². The largest absolute Gasteiger partial charge is 0.311 e. The molecule has 4 aromatic carbocycles. The molecular formula is C33H35N. The third-order valence-corrected chi connectivity index (χ3v) is 8.98. The first-order valence-electron chi connectivity index (χ1n) is 12.3. The van der Waals surface area contributed by atoms with E-state index in [1.54, 1.807) is 0 Å². The van der Waals surface area contributed by atoms with E-state index in [4.69, 9.17) is 0 Å². The maximum absolute atomic E-state index is 2.44. The minimum atomic E-state index is 0.110. The Kier molecular flexibility index (Phi) is 5.20. The topological polar surface area (TPSA) is 3.24 Å². The van der Waals surface area contributed by atoms with Gasteiger partial charge in [0.2, 0.25) is 0 Å². The van der Waals surface area contributed by atoms with E-state index < -0.39 is 0 Å². The van der Waals surface area contributed by atoms with Crippen molar-refractivity contribution in [2.45, 2.75) is 52.4 Å². The summed E-state index contributed by atoms with van der Waals surface area (Å²) in [6, 6.07) is 37.2. The number of nitrogens with zero attached hydrogens (tertiary/aromatic N) is 1. The molecule has 172 valence electrons. The highest BCUT2D eigenvalue weighted by Gasteiger charge is 2.56. The minimum absolute atomic E-state index is 0.110. The lowest BCUT2D eigenvalue weighted by Gasteiger charge is -2.44. The van der Waals surface area contributed by atoms with E-state index >= 15 is 0 Å². The molecule has 0 radical (unpaired) electrons. The second-order valence-corrected chi connectivity index (χ2v) is 11.2. The van der Waals surface area contributed by atoms with Gasteiger partial charge in [0.15, 0.2) is 0 Å². The smallest absolute Gasteiger partial charge is 0.0462 e. The van der Waals surface area contributed by atoms with E-state index in [2.05, 4.69) is 150 Å². The standard InChI is InChI=1S/C33H35N/c1-31(2)29-22-19-25(23-30(29)32(3,4)33(31,5)6)24-17-20-28(21-18-24)34(26-13-9-7-10-14-26)27-15-11-8-12-16-27/h7-23H,1-6H3. The second kappa shape index (κ2) is 7.87. The van der Waals surface area contributed by atoms with Gasteiger partial charge in [-0.2, -0.15) is 0 Å². The average Bonchev–Trinajstić information content (AvgIpc) is 2.95. The van der Waals surface area contributed by atoms with Crippen molar-refractivity contribution in [1.82, 2.24) is 0 Å². The SMILES string of the molecule is CC1(C)c2ccc(-c3ccc(N(c4ccccc4)c4ccccc4)cc3)cc2C(C)(C)C1(C)C. The molecule has 0 atom stereocenters. The van der Waals surface area contributed by atoms with Crippen molar-refractivity contribution in [1.29, 1.82) is 0 Å². The third kappa shape index (κ3) is 3.29. The van der Waals surface area contributed by atoms with E-state index in [1.807, 2.05) is 0 Å². The lowest BCUT2D eigenvalue weighted by Crippen LogP contribution is -2.42. The first-order valence-corrected chi connectivity index (χ1v) is 12.3. The first-order chi connectivity index (χ1) is 16.1. The summed E-state index contributed by atoms with van der Waals surface area (Å²) in [5.74, 6) is 0. The molecule has 0 aliphatic heterocycles. The van der Waals surface area contributed by atoms with Gasteiger partial charge in [-0.15, -0.1) is 0 Å². The Bertz CT molecular complexity index is 1260. The molecule has 1 nitrogen and oxygen atoms in total. The van der Waals surface area contributed by atoms with Crippen molar-refractivity contribution >= 4 is 17.1 Å². The zero-order valence-electron chi connectivity index (χ0n) is 21.3. The van der Waals surface area contributed by atoms with Gasteiger partial charge in [0.1, 0.15) is 0 Å². The Morgan fingerprint density at radius 3 is 1.41 bits per heavy atom. The highest BCUT2D eigenvalue weighted by molar-refractivity contribution is 5.78. The molecule has 0 fully saturated rings. The molecule has 0 bridgehead atoms. The molecular weight excluding hydrogens is 410 g/mol. The van der Waals surface area contributed by atoms with Gasteiger partial charge in [0, 0.05) is 17.1 Å². The zero-order chi connectivity index (χ0) is 24.1. The summed E-state index contributed by atoms with van der Waals surface area (Å²) >= 11 is 0. The Hall–Kier alpha value is -3.32. The van der Waals surface area contributed by atoms with Crippen LogP contribution in [0, 0.1) is 5.41 Å². The van der Waals surface area contributed by atoms with Gasteiger partial charge in [0.25, 0.3) is 0 Å². The summed E-state index contributed by atoms with van der Waals surface area (Å²) in [4.78, 5) is 2.31. The average molecular weight is 446 g/mol. The van der Waals surface area contributed by atoms with Gasteiger partial charge in [-0.1, -0.05) is 108 Å². The Labute approximate surface area is 205 Å². The molecule has 1 aliphatic rings. The molecule has 5 rings (SSSR count). The first kappa shape index (κ1) is 22.5. The number of para-hydroxylation sites is 2. The normalized spacial score (nSPS) is 17.2. The van der Waals surface area contributed by atoms with E-state index in [-0.39, 0.29) is 16.2 Å². The van der Waals surface area contributed by atoms with Crippen molar-refractivity contribution < 1.29 is 0 Å². The van der Waals surface area contributed by atoms with Crippen LogP contribution in [0.1, 0.15) is 52.7 Å². The molecule has 0 saturated carbocycles. The molecule has 4 aromatic rings. The number of hydrogen-bond acceptors (Lipinski definition) is 1. The minimum Gasteiger partial charge on any atom is -0.311 e. The number of fused-ring (bicyclic) bond motifs is 1. The molecule has 0 aromatic heterocycles. The number of hydrogen-bond donors (Lipinski definition) is 0. The zero-order valence-corrected chi connectivity index (χ0v) is 21.3. The van der Waals surface area contributed by atoms with Gasteiger partial charge < -0.3 is 4.90 Å². The van der Waals surface area contributed by atoms with E-state index in [9.17, 15) is 0 Å². The molecule has 0 unspecified atom stereocenters. The maximum atomic E-state index is 2.44. The van der Waals surface area contributed by atoms with Gasteiger partial charge in [-0.25, -0.2) is 0 Å². The van der Waals surface area contributed by atoms with Crippen LogP contribution in [0.3, 0.4) is 0 Å². The molecule has 0 heterocycles. The summed E-state index contributed by atoms with van der Waals surface area (Å²) in [7, 11) is 0. The van der Waals surface area contributed by atoms with Crippen LogP contribution in [0.2, 0.25) is 0 Å². The molecule has 1 aliphatic carbocycles. The van der Waals surface area contributed by atoms with Gasteiger partial charge >= 0.3 is 0 Å². The number of anilines is 3. The molecule has 34 heavy (non-hydrogen) atoms. The van der Waals surface area contributed by atoms with Gasteiger partial charge in [0.05, 0.1) is 0 Å². The van der Waals surface area contributed by atoms with Crippen molar-refractivity contribution in [3.8, 4) is 11.1 Å². The van der Waals surface area contributed by atoms with Crippen LogP contribution in [0.25, 0.3) is 11.1 Å². The fraction of sp³-hybridized carbons (Fsp3) is 0.273. The van der Waals surface area contributed by atoms with Crippen LogP contribution in [-0.2, 0) is 10.8 Å². The maximum Gasteiger partial charge on any atom is 0.0462 e. The Morgan fingerprint density at radius 2 is 0.882 bits per heavy atom. The molecule has 0 spiro atoms. The van der Waals surface area contributed by atoms with E-state index in [0.29, 0.717) is 0 Å². The van der Waals surface area contributed by atoms with Crippen LogP contribution in [0.15, 0.2) is 103 Å². The summed E-state index contributed by atoms with van der Waals surface area (Å²) in [6.45, 7) is 14.5. The Balaban J connectivity index is 1.55. The van der Waals surface area contributed by atoms with Crippen molar-refractivity contribution in [3.05, 3.63) is 114 Å². The Morgan fingerprint density at radius 1 is 0.441 bits per heavy atom.